The van der Waals surface area contributed by atoms with Gasteiger partial charge in [0.25, 0.3) is 0 Å². The first-order chi connectivity index (χ1) is 12.1. The number of carbonyl (C=O) groups is 1. The smallest absolute Gasteiger partial charge is 0.232 e. The predicted octanol–water partition coefficient (Wildman–Crippen LogP) is 2.51. The number of amides is 1. The second kappa shape index (κ2) is 6.31. The maximum absolute atomic E-state index is 12.1. The number of rotatable bonds is 5. The third kappa shape index (κ3) is 3.26. The minimum atomic E-state index is 0.00240. The highest BCUT2D eigenvalue weighted by molar-refractivity contribution is 5.79. The molecule has 3 heterocycles. The van der Waals surface area contributed by atoms with Crippen LogP contribution in [0.3, 0.4) is 0 Å². The van der Waals surface area contributed by atoms with Crippen molar-refractivity contribution >= 4 is 16.8 Å². The van der Waals surface area contributed by atoms with Crippen molar-refractivity contribution in [3.8, 4) is 0 Å². The molecule has 0 bridgehead atoms. The van der Waals surface area contributed by atoms with Crippen LogP contribution in [0, 0.1) is 5.92 Å². The average molecular weight is 339 g/mol. The van der Waals surface area contributed by atoms with Gasteiger partial charge in [0, 0.05) is 31.3 Å². The number of aromatic amines is 1. The second-order valence-corrected chi connectivity index (χ2v) is 7.11. The van der Waals surface area contributed by atoms with E-state index in [0.29, 0.717) is 37.0 Å². The highest BCUT2D eigenvalue weighted by atomic mass is 16.5. The van der Waals surface area contributed by atoms with Crippen molar-refractivity contribution in [3.63, 3.8) is 0 Å². The van der Waals surface area contributed by atoms with Gasteiger partial charge in [0.2, 0.25) is 11.8 Å². The summed E-state index contributed by atoms with van der Waals surface area (Å²) in [6, 6.07) is 6.10. The van der Waals surface area contributed by atoms with Crippen molar-refractivity contribution in [2.75, 3.05) is 13.1 Å². The van der Waals surface area contributed by atoms with Crippen LogP contribution < -0.4 is 0 Å². The minimum absolute atomic E-state index is 0.00240. The van der Waals surface area contributed by atoms with Crippen molar-refractivity contribution < 1.29 is 9.32 Å². The largest absolute Gasteiger partial charge is 0.342 e. The lowest BCUT2D eigenvalue weighted by Crippen LogP contribution is -2.29. The lowest BCUT2D eigenvalue weighted by molar-refractivity contribution is -0.128. The molecule has 1 saturated heterocycles. The molecule has 0 spiro atoms. The molecule has 130 valence electrons. The Hall–Kier alpha value is -2.70. The molecule has 1 aliphatic heterocycles. The fourth-order valence-electron chi connectivity index (χ4n) is 3.34. The Balaban J connectivity index is 1.46. The highest BCUT2D eigenvalue weighted by Crippen LogP contribution is 2.28. The highest BCUT2D eigenvalue weighted by Gasteiger charge is 2.34. The molecule has 1 atom stereocenters. The zero-order chi connectivity index (χ0) is 17.4. The number of aromatic nitrogens is 4. The Bertz CT molecular complexity index is 898. The number of hydrogen-bond donors (Lipinski definition) is 1. The summed E-state index contributed by atoms with van der Waals surface area (Å²) >= 11 is 0. The molecule has 0 saturated carbocycles. The number of benzene rings is 1. The molecule has 0 radical (unpaired) electrons. The van der Waals surface area contributed by atoms with E-state index in [-0.39, 0.29) is 11.8 Å². The van der Waals surface area contributed by atoms with Crippen LogP contribution in [0.1, 0.15) is 43.5 Å². The molecule has 2 aromatic heterocycles. The SMILES string of the molecule is CC(C)CN1CC(c2nc(Cc3ccc4cn[nH]c4c3)no2)CC1=O. The quantitative estimate of drug-likeness (QED) is 0.771. The van der Waals surface area contributed by atoms with Crippen LogP contribution in [0.15, 0.2) is 28.9 Å². The molecule has 1 N–H and O–H groups in total. The number of nitrogens with zero attached hydrogens (tertiary/aromatic N) is 4. The lowest BCUT2D eigenvalue weighted by atomic mass is 10.1. The van der Waals surface area contributed by atoms with Gasteiger partial charge < -0.3 is 9.42 Å². The first kappa shape index (κ1) is 15.8. The van der Waals surface area contributed by atoms with E-state index in [4.69, 9.17) is 4.52 Å². The summed E-state index contributed by atoms with van der Waals surface area (Å²) in [7, 11) is 0. The monoisotopic (exact) mass is 339 g/mol. The maximum atomic E-state index is 12.1. The van der Waals surface area contributed by atoms with E-state index in [1.807, 2.05) is 23.1 Å². The van der Waals surface area contributed by atoms with Gasteiger partial charge in [-0.3, -0.25) is 9.89 Å². The van der Waals surface area contributed by atoms with E-state index < -0.39 is 0 Å². The van der Waals surface area contributed by atoms with E-state index in [9.17, 15) is 4.79 Å². The molecule has 7 heteroatoms. The summed E-state index contributed by atoms with van der Waals surface area (Å²) in [5, 5.41) is 12.2. The van der Waals surface area contributed by atoms with Crippen molar-refractivity contribution in [1.82, 2.24) is 25.2 Å². The standard InChI is InChI=1S/C18H21N5O2/c1-11(2)9-23-10-14(7-17(23)24)18-20-16(22-25-18)6-12-3-4-13-8-19-21-15(13)5-12/h3-5,8,11,14H,6-7,9-10H2,1-2H3,(H,19,21). The number of carbonyl (C=O) groups excluding carboxylic acids is 1. The maximum Gasteiger partial charge on any atom is 0.232 e. The van der Waals surface area contributed by atoms with Crippen LogP contribution >= 0.6 is 0 Å². The van der Waals surface area contributed by atoms with Gasteiger partial charge in [-0.05, 0) is 17.5 Å². The summed E-state index contributed by atoms with van der Waals surface area (Å²) < 4.78 is 5.43. The third-order valence-electron chi connectivity index (χ3n) is 4.50. The number of likely N-dealkylation sites (tertiary alicyclic amines) is 1. The Labute approximate surface area is 145 Å². The molecule has 25 heavy (non-hydrogen) atoms. The van der Waals surface area contributed by atoms with Crippen LogP contribution in [0.2, 0.25) is 0 Å². The molecule has 1 aliphatic rings. The van der Waals surface area contributed by atoms with Crippen molar-refractivity contribution in [2.45, 2.75) is 32.6 Å². The molecule has 1 unspecified atom stereocenters. The van der Waals surface area contributed by atoms with Gasteiger partial charge in [0.05, 0.1) is 17.6 Å². The van der Waals surface area contributed by atoms with Crippen molar-refractivity contribution in [1.29, 1.82) is 0 Å². The van der Waals surface area contributed by atoms with Gasteiger partial charge in [-0.2, -0.15) is 10.1 Å². The molecule has 1 fully saturated rings. The van der Waals surface area contributed by atoms with E-state index in [1.165, 1.54) is 0 Å². The second-order valence-electron chi connectivity index (χ2n) is 7.11. The first-order valence-corrected chi connectivity index (χ1v) is 8.61. The summed E-state index contributed by atoms with van der Waals surface area (Å²) in [5.41, 5.74) is 2.08. The summed E-state index contributed by atoms with van der Waals surface area (Å²) in [4.78, 5) is 18.5. The molecule has 4 rings (SSSR count). The zero-order valence-electron chi connectivity index (χ0n) is 14.4. The van der Waals surface area contributed by atoms with Gasteiger partial charge >= 0.3 is 0 Å². The van der Waals surface area contributed by atoms with Gasteiger partial charge in [-0.15, -0.1) is 0 Å². The Morgan fingerprint density at radius 2 is 2.28 bits per heavy atom. The minimum Gasteiger partial charge on any atom is -0.342 e. The van der Waals surface area contributed by atoms with Gasteiger partial charge in [-0.1, -0.05) is 31.1 Å². The van der Waals surface area contributed by atoms with Crippen LogP contribution in [-0.4, -0.2) is 44.2 Å². The molecule has 1 amide bonds. The summed E-state index contributed by atoms with van der Waals surface area (Å²) in [6.07, 6.45) is 2.84. The van der Waals surface area contributed by atoms with Gasteiger partial charge in [0.1, 0.15) is 0 Å². The fourth-order valence-corrected chi connectivity index (χ4v) is 3.34. The molecule has 0 aliphatic carbocycles. The van der Waals surface area contributed by atoms with Crippen LogP contribution in [0.25, 0.3) is 10.9 Å². The first-order valence-electron chi connectivity index (χ1n) is 8.61. The Kier molecular flexibility index (Phi) is 3.99. The van der Waals surface area contributed by atoms with Crippen molar-refractivity contribution in [2.24, 2.45) is 5.92 Å². The zero-order valence-corrected chi connectivity index (χ0v) is 14.4. The normalized spacial score (nSPS) is 18.0. The van der Waals surface area contributed by atoms with E-state index in [1.54, 1.807) is 6.20 Å². The number of fused-ring (bicyclic) bond motifs is 1. The summed E-state index contributed by atoms with van der Waals surface area (Å²) in [6.45, 7) is 5.67. The van der Waals surface area contributed by atoms with Crippen LogP contribution in [0.5, 0.6) is 0 Å². The van der Waals surface area contributed by atoms with E-state index >= 15 is 0 Å². The van der Waals surface area contributed by atoms with Crippen LogP contribution in [0.4, 0.5) is 0 Å². The third-order valence-corrected chi connectivity index (χ3v) is 4.50. The molecule has 7 nitrogen and oxygen atoms in total. The fraction of sp³-hybridized carbons (Fsp3) is 0.444. The molecule has 1 aromatic carbocycles. The van der Waals surface area contributed by atoms with E-state index in [0.717, 1.165) is 23.0 Å². The average Bonchev–Trinajstić information content (AvgIpc) is 3.27. The van der Waals surface area contributed by atoms with Crippen LogP contribution in [-0.2, 0) is 11.2 Å². The predicted molar refractivity (Wildman–Crippen MR) is 92.0 cm³/mol. The topological polar surface area (TPSA) is 87.9 Å². The molecule has 3 aromatic rings. The van der Waals surface area contributed by atoms with E-state index in [2.05, 4.69) is 34.2 Å². The van der Waals surface area contributed by atoms with Crippen molar-refractivity contribution in [3.05, 3.63) is 41.7 Å². The summed E-state index contributed by atoms with van der Waals surface area (Å²) in [5.74, 6) is 1.84. The number of hydrogen-bond acceptors (Lipinski definition) is 5. The molecular weight excluding hydrogens is 318 g/mol. The number of nitrogens with one attached hydrogen (secondary N) is 1. The lowest BCUT2D eigenvalue weighted by Gasteiger charge is -2.18. The van der Waals surface area contributed by atoms with Gasteiger partial charge in [-0.25, -0.2) is 0 Å². The Morgan fingerprint density at radius 3 is 3.12 bits per heavy atom. The molecular formula is C18H21N5O2. The number of H-pyrrole nitrogens is 1. The van der Waals surface area contributed by atoms with Gasteiger partial charge in [0.15, 0.2) is 5.82 Å². The Morgan fingerprint density at radius 1 is 1.40 bits per heavy atom.